The molecular weight excluding hydrogens is 710 g/mol. The number of hydrogen-bond donors (Lipinski definition) is 10. The SMILES string of the molecule is CC(C)C[C@H](NC(=O)[C@@H](NC(=O)[C@@H](NC(=O)CN)[C@@H](C)O)C(C)C)C(=O)N[C@H](C(=O)N[C@@H](CCC(N)=O)C(=O)N1CCC[C@H]1C(=O)NCC(=O)O)C(C)C. The van der Waals surface area contributed by atoms with Crippen LogP contribution in [0.4, 0.5) is 0 Å². The predicted molar refractivity (Wildman–Crippen MR) is 193 cm³/mol. The maximum atomic E-state index is 13.8. The first-order valence-corrected chi connectivity index (χ1v) is 18.1. The van der Waals surface area contributed by atoms with E-state index in [4.69, 9.17) is 16.6 Å². The Morgan fingerprint density at radius 3 is 1.72 bits per heavy atom. The van der Waals surface area contributed by atoms with Crippen molar-refractivity contribution in [2.45, 2.75) is 123 Å². The van der Waals surface area contributed by atoms with Crippen LogP contribution in [0.5, 0.6) is 0 Å². The molecule has 0 bridgehead atoms. The van der Waals surface area contributed by atoms with Gasteiger partial charge in [0.05, 0.1) is 12.6 Å². The van der Waals surface area contributed by atoms with Gasteiger partial charge in [-0.05, 0) is 50.4 Å². The van der Waals surface area contributed by atoms with Crippen molar-refractivity contribution in [2.24, 2.45) is 29.2 Å². The fraction of sp³-hybridized carbons (Fsp3) is 0.735. The van der Waals surface area contributed by atoms with Crippen molar-refractivity contribution >= 4 is 53.2 Å². The molecule has 1 aliphatic rings. The topological polar surface area (TPSA) is 322 Å². The Bertz CT molecular complexity index is 1370. The molecule has 20 nitrogen and oxygen atoms in total. The van der Waals surface area contributed by atoms with Crippen LogP contribution in [-0.2, 0) is 43.2 Å². The third-order valence-electron chi connectivity index (χ3n) is 8.65. The zero-order chi connectivity index (χ0) is 41.4. The van der Waals surface area contributed by atoms with Crippen LogP contribution in [0.15, 0.2) is 0 Å². The van der Waals surface area contributed by atoms with Crippen molar-refractivity contribution in [3.8, 4) is 0 Å². The summed E-state index contributed by atoms with van der Waals surface area (Å²) in [6, 6.07) is -7.42. The first-order chi connectivity index (χ1) is 25.1. The minimum atomic E-state index is -1.42. The molecule has 1 rings (SSSR count). The lowest BCUT2D eigenvalue weighted by molar-refractivity contribution is -0.143. The molecule has 0 saturated carbocycles. The van der Waals surface area contributed by atoms with Crippen LogP contribution in [-0.4, -0.2) is 130 Å². The largest absolute Gasteiger partial charge is 0.480 e. The Morgan fingerprint density at radius 2 is 1.26 bits per heavy atom. The number of carbonyl (C=O) groups is 9. The number of aliphatic hydroxyl groups excluding tert-OH is 1. The highest BCUT2D eigenvalue weighted by molar-refractivity contribution is 5.97. The molecule has 1 fully saturated rings. The maximum Gasteiger partial charge on any atom is 0.322 e. The summed E-state index contributed by atoms with van der Waals surface area (Å²) in [5, 5.41) is 34.0. The maximum absolute atomic E-state index is 13.8. The first kappa shape index (κ1) is 47.2. The van der Waals surface area contributed by atoms with E-state index in [0.29, 0.717) is 6.42 Å². The number of amides is 8. The number of hydrogen-bond acceptors (Lipinski definition) is 11. The van der Waals surface area contributed by atoms with E-state index in [2.05, 4.69) is 31.9 Å². The van der Waals surface area contributed by atoms with Gasteiger partial charge in [-0.2, -0.15) is 0 Å². The van der Waals surface area contributed by atoms with E-state index in [1.807, 2.05) is 0 Å². The van der Waals surface area contributed by atoms with Crippen LogP contribution >= 0.6 is 0 Å². The molecule has 7 atom stereocenters. The number of carboxylic acid groups (broad SMARTS) is 1. The zero-order valence-electron chi connectivity index (χ0n) is 32.1. The van der Waals surface area contributed by atoms with Crippen LogP contribution in [0.25, 0.3) is 0 Å². The highest BCUT2D eigenvalue weighted by Crippen LogP contribution is 2.20. The second-order valence-corrected chi connectivity index (χ2v) is 14.5. The third-order valence-corrected chi connectivity index (χ3v) is 8.65. The summed E-state index contributed by atoms with van der Waals surface area (Å²) in [5.74, 6) is -8.46. The highest BCUT2D eigenvalue weighted by atomic mass is 16.4. The van der Waals surface area contributed by atoms with E-state index in [0.717, 1.165) is 0 Å². The summed E-state index contributed by atoms with van der Waals surface area (Å²) in [7, 11) is 0. The number of nitrogens with two attached hydrogens (primary N) is 2. The molecule has 306 valence electrons. The van der Waals surface area contributed by atoms with Gasteiger partial charge in [0.1, 0.15) is 42.8 Å². The van der Waals surface area contributed by atoms with E-state index in [1.165, 1.54) is 11.8 Å². The monoisotopic (exact) mass is 769 g/mol. The summed E-state index contributed by atoms with van der Waals surface area (Å²) in [6.45, 7) is 10.5. The number of nitrogens with zero attached hydrogens (tertiary/aromatic N) is 1. The molecule has 1 heterocycles. The Kier molecular flexibility index (Phi) is 19.6. The lowest BCUT2D eigenvalue weighted by Gasteiger charge is -2.31. The van der Waals surface area contributed by atoms with Crippen molar-refractivity contribution in [3.05, 3.63) is 0 Å². The number of aliphatic hydroxyl groups is 1. The Balaban J connectivity index is 3.26. The molecule has 0 radical (unpaired) electrons. The van der Waals surface area contributed by atoms with Gasteiger partial charge in [-0.1, -0.05) is 41.5 Å². The summed E-state index contributed by atoms with van der Waals surface area (Å²) in [6.07, 6.45) is -1.07. The molecule has 0 unspecified atom stereocenters. The lowest BCUT2D eigenvalue weighted by Crippen LogP contribution is -2.62. The second kappa shape index (κ2) is 22.4. The van der Waals surface area contributed by atoms with Gasteiger partial charge < -0.3 is 58.5 Å². The molecule has 0 spiro atoms. The Hall–Kier alpha value is -4.85. The average molecular weight is 770 g/mol. The van der Waals surface area contributed by atoms with Gasteiger partial charge in [-0.3, -0.25) is 43.2 Å². The van der Waals surface area contributed by atoms with Crippen molar-refractivity contribution in [1.29, 1.82) is 0 Å². The third kappa shape index (κ3) is 15.2. The molecule has 12 N–H and O–H groups in total. The van der Waals surface area contributed by atoms with Crippen molar-refractivity contribution in [1.82, 2.24) is 36.8 Å². The summed E-state index contributed by atoms with van der Waals surface area (Å²) < 4.78 is 0. The molecule has 0 aliphatic carbocycles. The van der Waals surface area contributed by atoms with E-state index in [9.17, 15) is 48.3 Å². The number of carbonyl (C=O) groups excluding carboxylic acids is 8. The van der Waals surface area contributed by atoms with Crippen molar-refractivity contribution in [2.75, 3.05) is 19.6 Å². The van der Waals surface area contributed by atoms with Crippen LogP contribution in [0.2, 0.25) is 0 Å². The lowest BCUT2D eigenvalue weighted by atomic mass is 9.97. The summed E-state index contributed by atoms with van der Waals surface area (Å²) in [5.41, 5.74) is 10.6. The zero-order valence-corrected chi connectivity index (χ0v) is 32.1. The predicted octanol–water partition coefficient (Wildman–Crippen LogP) is -3.43. The van der Waals surface area contributed by atoms with E-state index < -0.39 is 121 Å². The average Bonchev–Trinajstić information content (AvgIpc) is 3.57. The van der Waals surface area contributed by atoms with Gasteiger partial charge in [0.25, 0.3) is 0 Å². The van der Waals surface area contributed by atoms with Gasteiger partial charge in [0, 0.05) is 13.0 Å². The molecule has 8 amide bonds. The van der Waals surface area contributed by atoms with Crippen molar-refractivity contribution < 1.29 is 53.4 Å². The minimum absolute atomic E-state index is 0.117. The van der Waals surface area contributed by atoms with E-state index in [-0.39, 0.29) is 38.1 Å². The molecule has 54 heavy (non-hydrogen) atoms. The fourth-order valence-corrected chi connectivity index (χ4v) is 5.76. The summed E-state index contributed by atoms with van der Waals surface area (Å²) >= 11 is 0. The number of rotatable bonds is 22. The molecule has 1 aliphatic heterocycles. The Labute approximate surface area is 315 Å². The fourth-order valence-electron chi connectivity index (χ4n) is 5.76. The number of likely N-dealkylation sites (tertiary alicyclic amines) is 1. The molecule has 0 aromatic heterocycles. The van der Waals surface area contributed by atoms with Crippen LogP contribution < -0.4 is 43.4 Å². The highest BCUT2D eigenvalue weighted by Gasteiger charge is 2.40. The molecule has 20 heteroatoms. The van der Waals surface area contributed by atoms with Crippen LogP contribution in [0.3, 0.4) is 0 Å². The van der Waals surface area contributed by atoms with E-state index >= 15 is 0 Å². The normalized spacial score (nSPS) is 17.4. The smallest absolute Gasteiger partial charge is 0.322 e. The number of nitrogens with one attached hydrogen (secondary N) is 6. The minimum Gasteiger partial charge on any atom is -0.480 e. The van der Waals surface area contributed by atoms with Crippen LogP contribution in [0.1, 0.15) is 80.6 Å². The molecule has 0 aromatic carbocycles. The second-order valence-electron chi connectivity index (χ2n) is 14.5. The molecule has 0 aromatic rings. The Morgan fingerprint density at radius 1 is 0.741 bits per heavy atom. The van der Waals surface area contributed by atoms with Gasteiger partial charge in [-0.15, -0.1) is 0 Å². The molecule has 1 saturated heterocycles. The standard InChI is InChI=1S/C34H59N9O11/c1-16(2)13-21(39-32(52)27(18(5)6)42-33(53)28(19(7)44)40-24(46)14-35)29(49)41-26(17(3)4)31(51)38-20(10-11-23(36)45)34(54)43-12-8-9-22(43)30(50)37-15-25(47)48/h16-22,26-28,44H,8-15,35H2,1-7H3,(H2,36,45)(H,37,50)(H,38,51)(H,39,52)(H,40,46)(H,41,49)(H,42,53)(H,47,48)/t19-,20+,21+,22+,26+,27+,28+/m1/s1. The number of carboxylic acids is 1. The number of primary amides is 1. The number of aliphatic carboxylic acids is 1. The molecular formula is C34H59N9O11. The van der Waals surface area contributed by atoms with Gasteiger partial charge in [0.15, 0.2) is 0 Å². The van der Waals surface area contributed by atoms with Gasteiger partial charge in [-0.25, -0.2) is 0 Å². The van der Waals surface area contributed by atoms with E-state index in [1.54, 1.807) is 41.5 Å². The van der Waals surface area contributed by atoms with Crippen molar-refractivity contribution in [3.63, 3.8) is 0 Å². The van der Waals surface area contributed by atoms with Gasteiger partial charge in [0.2, 0.25) is 47.3 Å². The summed E-state index contributed by atoms with van der Waals surface area (Å²) in [4.78, 5) is 116. The van der Waals surface area contributed by atoms with Gasteiger partial charge >= 0.3 is 5.97 Å². The quantitative estimate of drug-likeness (QED) is 0.0515. The first-order valence-electron chi connectivity index (χ1n) is 18.1. The van der Waals surface area contributed by atoms with Crippen LogP contribution in [0, 0.1) is 17.8 Å².